The van der Waals surface area contributed by atoms with E-state index in [4.69, 9.17) is 25.8 Å². The Hall–Kier alpha value is -3.59. The molecule has 0 N–H and O–H groups in total. The van der Waals surface area contributed by atoms with Gasteiger partial charge in [0.1, 0.15) is 32.1 Å². The topological polar surface area (TPSA) is 102 Å². The van der Waals surface area contributed by atoms with Crippen LogP contribution >= 0.6 is 11.6 Å². The lowest BCUT2D eigenvalue weighted by Gasteiger charge is -2.23. The molecule has 0 spiro atoms. The minimum Gasteiger partial charge on any atom is -0.490 e. The summed E-state index contributed by atoms with van der Waals surface area (Å²) in [6, 6.07) is 11.7. The molecule has 9 nitrogen and oxygen atoms in total. The van der Waals surface area contributed by atoms with Crippen molar-refractivity contribution in [1.82, 2.24) is 4.90 Å². The lowest BCUT2D eigenvalue weighted by atomic mass is 10.1. The fraction of sp³-hybridized carbons (Fsp3) is 0.333. The number of para-hydroxylation sites is 1. The van der Waals surface area contributed by atoms with Crippen molar-refractivity contribution >= 4 is 41.0 Å². The van der Waals surface area contributed by atoms with Gasteiger partial charge in [-0.3, -0.25) is 24.1 Å². The number of ether oxygens (including phenoxy) is 3. The van der Waals surface area contributed by atoms with Gasteiger partial charge in [-0.25, -0.2) is 0 Å². The van der Waals surface area contributed by atoms with Gasteiger partial charge >= 0.3 is 11.9 Å². The third-order valence-electron chi connectivity index (χ3n) is 4.99. The number of rotatable bonds is 8. The number of esters is 2. The Bertz CT molecular complexity index is 1090. The standard InChI is InChI=1S/C24H25ClN2O7/c1-3-32-23(30)15-26-13-17-6-4-5-7-21(17)27(14-22(26)29)24(31)19-9-8-18(12-20(19)25)34-11-10-33-16(2)28/h4-9,12H,3,10-11,13-15H2,1-2H3. The molecule has 3 rings (SSSR count). The van der Waals surface area contributed by atoms with Crippen molar-refractivity contribution in [1.29, 1.82) is 0 Å². The van der Waals surface area contributed by atoms with E-state index in [0.717, 1.165) is 0 Å². The molecule has 2 amide bonds. The lowest BCUT2D eigenvalue weighted by Crippen LogP contribution is -2.42. The molecule has 0 saturated heterocycles. The molecule has 180 valence electrons. The Morgan fingerprint density at radius 2 is 1.79 bits per heavy atom. The van der Waals surface area contributed by atoms with Crippen LogP contribution in [0.3, 0.4) is 0 Å². The average Bonchev–Trinajstić information content (AvgIpc) is 2.93. The van der Waals surface area contributed by atoms with Crippen LogP contribution in [-0.2, 0) is 30.4 Å². The first-order valence-corrected chi connectivity index (χ1v) is 11.1. The van der Waals surface area contributed by atoms with Crippen molar-refractivity contribution in [3.05, 3.63) is 58.6 Å². The number of fused-ring (bicyclic) bond motifs is 1. The van der Waals surface area contributed by atoms with Gasteiger partial charge in [0.05, 0.1) is 17.2 Å². The molecule has 0 bridgehead atoms. The molecule has 0 radical (unpaired) electrons. The molecule has 2 aromatic carbocycles. The monoisotopic (exact) mass is 488 g/mol. The Kier molecular flexibility index (Phi) is 8.48. The largest absolute Gasteiger partial charge is 0.490 e. The van der Waals surface area contributed by atoms with E-state index >= 15 is 0 Å². The normalized spacial score (nSPS) is 13.1. The van der Waals surface area contributed by atoms with Crippen molar-refractivity contribution in [2.45, 2.75) is 20.4 Å². The van der Waals surface area contributed by atoms with Crippen molar-refractivity contribution in [3.63, 3.8) is 0 Å². The highest BCUT2D eigenvalue weighted by molar-refractivity contribution is 6.34. The number of carbonyl (C=O) groups excluding carboxylic acids is 4. The van der Waals surface area contributed by atoms with Gasteiger partial charge in [0.2, 0.25) is 5.91 Å². The Balaban J connectivity index is 1.80. The zero-order valence-corrected chi connectivity index (χ0v) is 19.7. The number of hydrogen-bond donors (Lipinski definition) is 0. The van der Waals surface area contributed by atoms with E-state index in [1.54, 1.807) is 37.3 Å². The van der Waals surface area contributed by atoms with Crippen LogP contribution in [0.5, 0.6) is 5.75 Å². The third-order valence-corrected chi connectivity index (χ3v) is 5.30. The van der Waals surface area contributed by atoms with Crippen LogP contribution in [0.4, 0.5) is 5.69 Å². The van der Waals surface area contributed by atoms with Crippen molar-refractivity contribution in [2.75, 3.05) is 37.8 Å². The third kappa shape index (κ3) is 6.26. The summed E-state index contributed by atoms with van der Waals surface area (Å²) in [7, 11) is 0. The van der Waals surface area contributed by atoms with E-state index in [-0.39, 0.29) is 55.9 Å². The zero-order valence-electron chi connectivity index (χ0n) is 18.9. The Labute approximate surface area is 202 Å². The number of benzene rings is 2. The van der Waals surface area contributed by atoms with Crippen LogP contribution in [0, 0.1) is 0 Å². The molecule has 1 aliphatic heterocycles. The molecule has 0 unspecified atom stereocenters. The summed E-state index contributed by atoms with van der Waals surface area (Å²) in [6.45, 7) is 3.13. The van der Waals surface area contributed by atoms with Crippen LogP contribution in [0.25, 0.3) is 0 Å². The molecule has 0 atom stereocenters. The predicted molar refractivity (Wildman–Crippen MR) is 124 cm³/mol. The Morgan fingerprint density at radius 1 is 1.03 bits per heavy atom. The maximum Gasteiger partial charge on any atom is 0.325 e. The van der Waals surface area contributed by atoms with E-state index in [2.05, 4.69) is 0 Å². The van der Waals surface area contributed by atoms with Crippen LogP contribution in [-0.4, -0.2) is 61.6 Å². The van der Waals surface area contributed by atoms with E-state index in [0.29, 0.717) is 17.0 Å². The molecule has 0 aliphatic carbocycles. The fourth-order valence-electron chi connectivity index (χ4n) is 3.46. The smallest absolute Gasteiger partial charge is 0.325 e. The molecule has 1 aliphatic rings. The fourth-order valence-corrected chi connectivity index (χ4v) is 3.71. The second-order valence-corrected chi connectivity index (χ2v) is 7.81. The summed E-state index contributed by atoms with van der Waals surface area (Å²) in [5.41, 5.74) is 1.47. The second kappa shape index (κ2) is 11.5. The van der Waals surface area contributed by atoms with Crippen LogP contribution in [0.15, 0.2) is 42.5 Å². The van der Waals surface area contributed by atoms with Gasteiger partial charge < -0.3 is 19.1 Å². The summed E-state index contributed by atoms with van der Waals surface area (Å²) in [5.74, 6) is -1.37. The van der Waals surface area contributed by atoms with Gasteiger partial charge in [0, 0.05) is 19.2 Å². The molecular weight excluding hydrogens is 464 g/mol. The number of hydrogen-bond acceptors (Lipinski definition) is 7. The van der Waals surface area contributed by atoms with Gasteiger partial charge in [0.25, 0.3) is 5.91 Å². The van der Waals surface area contributed by atoms with Gasteiger partial charge in [-0.2, -0.15) is 0 Å². The SMILES string of the molecule is CCOC(=O)CN1Cc2ccccc2N(C(=O)c2ccc(OCCOC(C)=O)cc2Cl)CC1=O. The first kappa shape index (κ1) is 25.0. The number of carbonyl (C=O) groups is 4. The van der Waals surface area contributed by atoms with Gasteiger partial charge in [-0.15, -0.1) is 0 Å². The van der Waals surface area contributed by atoms with Crippen molar-refractivity contribution in [2.24, 2.45) is 0 Å². The highest BCUT2D eigenvalue weighted by Gasteiger charge is 2.31. The van der Waals surface area contributed by atoms with Gasteiger partial charge in [-0.1, -0.05) is 29.8 Å². The predicted octanol–water partition coefficient (Wildman–Crippen LogP) is 2.83. The molecule has 10 heteroatoms. The minimum absolute atomic E-state index is 0.0859. The number of nitrogens with zero attached hydrogens (tertiary/aromatic N) is 2. The van der Waals surface area contributed by atoms with Gasteiger partial charge in [-0.05, 0) is 36.8 Å². The Morgan fingerprint density at radius 3 is 2.50 bits per heavy atom. The first-order valence-electron chi connectivity index (χ1n) is 10.7. The highest BCUT2D eigenvalue weighted by atomic mass is 35.5. The van der Waals surface area contributed by atoms with E-state index in [1.165, 1.54) is 28.9 Å². The molecular formula is C24H25ClN2O7. The van der Waals surface area contributed by atoms with E-state index < -0.39 is 17.8 Å². The summed E-state index contributed by atoms with van der Waals surface area (Å²) in [5, 5.41) is 0.146. The number of anilines is 1. The highest BCUT2D eigenvalue weighted by Crippen LogP contribution is 2.30. The van der Waals surface area contributed by atoms with Gasteiger partial charge in [0.15, 0.2) is 0 Å². The molecule has 0 saturated carbocycles. The summed E-state index contributed by atoms with van der Waals surface area (Å²) >= 11 is 6.37. The summed E-state index contributed by atoms with van der Waals surface area (Å²) in [4.78, 5) is 51.9. The maximum atomic E-state index is 13.4. The lowest BCUT2D eigenvalue weighted by molar-refractivity contribution is -0.148. The molecule has 34 heavy (non-hydrogen) atoms. The number of amides is 2. The molecule has 0 aromatic heterocycles. The van der Waals surface area contributed by atoms with Crippen molar-refractivity contribution in [3.8, 4) is 5.75 Å². The minimum atomic E-state index is -0.513. The molecule has 1 heterocycles. The quantitative estimate of drug-likeness (QED) is 0.416. The second-order valence-electron chi connectivity index (χ2n) is 7.40. The number of halogens is 1. The average molecular weight is 489 g/mol. The molecule has 2 aromatic rings. The first-order chi connectivity index (χ1) is 16.3. The maximum absolute atomic E-state index is 13.4. The molecule has 0 fully saturated rings. The van der Waals surface area contributed by atoms with Crippen LogP contribution in [0.2, 0.25) is 5.02 Å². The van der Waals surface area contributed by atoms with E-state index in [1.807, 2.05) is 0 Å². The van der Waals surface area contributed by atoms with Crippen LogP contribution < -0.4 is 9.64 Å². The van der Waals surface area contributed by atoms with Crippen molar-refractivity contribution < 1.29 is 33.4 Å². The van der Waals surface area contributed by atoms with E-state index in [9.17, 15) is 19.2 Å². The summed E-state index contributed by atoms with van der Waals surface area (Å²) in [6.07, 6.45) is 0. The zero-order chi connectivity index (χ0) is 24.7. The van der Waals surface area contributed by atoms with Crippen LogP contribution in [0.1, 0.15) is 29.8 Å². The summed E-state index contributed by atoms with van der Waals surface area (Å²) < 4.78 is 15.3.